The monoisotopic (exact) mass is 317 g/mol. The molecule has 0 aromatic carbocycles. The van der Waals surface area contributed by atoms with Crippen molar-refractivity contribution in [3.8, 4) is 5.75 Å². The number of carbonyl (C=O) groups is 2. The standard InChI is InChI=1S/C14H11N3O4S/c1-6-9-7-3-2-4-15-14(7)22-12(9)11(20)10(17-6)13(21)16-5-8(18)19/h2-4,20H,5H2,1H3,(H,16,21)(H,18,19). The highest BCUT2D eigenvalue weighted by molar-refractivity contribution is 7.25. The fourth-order valence-electron chi connectivity index (χ4n) is 2.24. The number of aromatic nitrogens is 2. The lowest BCUT2D eigenvalue weighted by molar-refractivity contribution is -0.135. The Balaban J connectivity index is 2.18. The summed E-state index contributed by atoms with van der Waals surface area (Å²) in [5.41, 5.74) is 0.394. The predicted octanol–water partition coefficient (Wildman–Crippen LogP) is 1.67. The Morgan fingerprint density at radius 3 is 2.91 bits per heavy atom. The van der Waals surface area contributed by atoms with Crippen molar-refractivity contribution < 1.29 is 19.8 Å². The van der Waals surface area contributed by atoms with Crippen LogP contribution in [-0.4, -0.2) is 38.6 Å². The number of nitrogens with one attached hydrogen (secondary N) is 1. The zero-order chi connectivity index (χ0) is 15.9. The molecule has 1 amide bonds. The van der Waals surface area contributed by atoms with Crippen LogP contribution in [0.1, 0.15) is 16.2 Å². The van der Waals surface area contributed by atoms with Gasteiger partial charge in [-0.1, -0.05) is 0 Å². The van der Waals surface area contributed by atoms with E-state index in [-0.39, 0.29) is 11.4 Å². The zero-order valence-electron chi connectivity index (χ0n) is 11.5. The summed E-state index contributed by atoms with van der Waals surface area (Å²) in [6.07, 6.45) is 1.65. The summed E-state index contributed by atoms with van der Waals surface area (Å²) in [6.45, 7) is 1.19. The molecule has 0 fully saturated rings. The molecule has 22 heavy (non-hydrogen) atoms. The maximum Gasteiger partial charge on any atom is 0.322 e. The third-order valence-corrected chi connectivity index (χ3v) is 4.28. The van der Waals surface area contributed by atoms with E-state index in [1.165, 1.54) is 11.3 Å². The third-order valence-electron chi connectivity index (χ3n) is 3.16. The first-order valence-corrected chi connectivity index (χ1v) is 7.17. The molecule has 0 aliphatic rings. The first-order valence-electron chi connectivity index (χ1n) is 6.36. The van der Waals surface area contributed by atoms with Gasteiger partial charge in [-0.3, -0.25) is 9.59 Å². The molecule has 3 aromatic rings. The number of carboxylic acids is 1. The SMILES string of the molecule is Cc1nc(C(=O)NCC(=O)O)c(O)c2sc3ncccc3c12. The topological polar surface area (TPSA) is 112 Å². The van der Waals surface area contributed by atoms with Gasteiger partial charge in [-0.25, -0.2) is 9.97 Å². The van der Waals surface area contributed by atoms with Crippen molar-refractivity contribution in [3.05, 3.63) is 29.7 Å². The van der Waals surface area contributed by atoms with Gasteiger partial charge in [0.1, 0.15) is 11.4 Å². The minimum absolute atomic E-state index is 0.183. The van der Waals surface area contributed by atoms with Crippen LogP contribution in [0.15, 0.2) is 18.3 Å². The first-order chi connectivity index (χ1) is 10.5. The van der Waals surface area contributed by atoms with Crippen LogP contribution < -0.4 is 5.32 Å². The lowest BCUT2D eigenvalue weighted by Crippen LogP contribution is -2.30. The summed E-state index contributed by atoms with van der Waals surface area (Å²) >= 11 is 1.26. The second-order valence-electron chi connectivity index (χ2n) is 4.63. The molecule has 0 bridgehead atoms. The fraction of sp³-hybridized carbons (Fsp3) is 0.143. The molecule has 112 valence electrons. The Kier molecular flexibility index (Phi) is 3.38. The molecular weight excluding hydrogens is 306 g/mol. The third kappa shape index (κ3) is 2.23. The van der Waals surface area contributed by atoms with Gasteiger partial charge in [0, 0.05) is 22.7 Å². The van der Waals surface area contributed by atoms with Gasteiger partial charge in [0.2, 0.25) is 0 Å². The molecule has 0 radical (unpaired) electrons. The number of rotatable bonds is 3. The fourth-order valence-corrected chi connectivity index (χ4v) is 3.38. The van der Waals surface area contributed by atoms with E-state index in [4.69, 9.17) is 5.11 Å². The van der Waals surface area contributed by atoms with Gasteiger partial charge >= 0.3 is 5.97 Å². The van der Waals surface area contributed by atoms with E-state index in [1.54, 1.807) is 19.2 Å². The van der Waals surface area contributed by atoms with Crippen molar-refractivity contribution >= 4 is 43.5 Å². The molecule has 0 unspecified atom stereocenters. The van der Waals surface area contributed by atoms with Crippen LogP contribution >= 0.6 is 11.3 Å². The molecule has 3 rings (SSSR count). The average Bonchev–Trinajstić information content (AvgIpc) is 2.88. The van der Waals surface area contributed by atoms with Gasteiger partial charge in [0.15, 0.2) is 11.4 Å². The van der Waals surface area contributed by atoms with Gasteiger partial charge in [-0.05, 0) is 19.1 Å². The maximum atomic E-state index is 12.0. The summed E-state index contributed by atoms with van der Waals surface area (Å²) in [5.74, 6) is -2.15. The number of carboxylic acid groups (broad SMARTS) is 1. The number of hydrogen-bond acceptors (Lipinski definition) is 6. The largest absolute Gasteiger partial charge is 0.504 e. The van der Waals surface area contributed by atoms with E-state index in [0.717, 1.165) is 15.6 Å². The second-order valence-corrected chi connectivity index (χ2v) is 5.63. The van der Waals surface area contributed by atoms with Gasteiger partial charge in [-0.2, -0.15) is 0 Å². The molecule has 7 nitrogen and oxygen atoms in total. The second kappa shape index (κ2) is 5.23. The molecule has 3 heterocycles. The van der Waals surface area contributed by atoms with Crippen molar-refractivity contribution in [2.45, 2.75) is 6.92 Å². The Bertz CT molecular complexity index is 919. The molecule has 0 saturated carbocycles. The van der Waals surface area contributed by atoms with Gasteiger partial charge in [-0.15, -0.1) is 11.3 Å². The number of fused-ring (bicyclic) bond motifs is 3. The van der Waals surface area contributed by atoms with Crippen molar-refractivity contribution in [1.82, 2.24) is 15.3 Å². The van der Waals surface area contributed by atoms with Crippen molar-refractivity contribution in [1.29, 1.82) is 0 Å². The van der Waals surface area contributed by atoms with Crippen molar-refractivity contribution in [2.75, 3.05) is 6.54 Å². The molecule has 0 aliphatic heterocycles. The number of carbonyl (C=O) groups excluding carboxylic acids is 1. The predicted molar refractivity (Wildman–Crippen MR) is 81.3 cm³/mol. The molecule has 0 atom stereocenters. The van der Waals surface area contributed by atoms with Gasteiger partial charge in [0.25, 0.3) is 5.91 Å². The van der Waals surface area contributed by atoms with E-state index in [2.05, 4.69) is 15.3 Å². The summed E-state index contributed by atoms with van der Waals surface area (Å²) in [6, 6.07) is 3.66. The Hall–Kier alpha value is -2.74. The highest BCUT2D eigenvalue weighted by Gasteiger charge is 2.21. The zero-order valence-corrected chi connectivity index (χ0v) is 12.3. The summed E-state index contributed by atoms with van der Waals surface area (Å²) in [4.78, 5) is 31.6. The van der Waals surface area contributed by atoms with Crippen LogP contribution in [-0.2, 0) is 4.79 Å². The van der Waals surface area contributed by atoms with Crippen molar-refractivity contribution in [2.24, 2.45) is 0 Å². The molecule has 0 spiro atoms. The highest BCUT2D eigenvalue weighted by atomic mass is 32.1. The Morgan fingerprint density at radius 2 is 2.18 bits per heavy atom. The average molecular weight is 317 g/mol. The number of hydrogen-bond donors (Lipinski definition) is 3. The Morgan fingerprint density at radius 1 is 1.41 bits per heavy atom. The van der Waals surface area contributed by atoms with Crippen LogP contribution in [0.3, 0.4) is 0 Å². The smallest absolute Gasteiger partial charge is 0.322 e. The van der Waals surface area contributed by atoms with E-state index in [9.17, 15) is 14.7 Å². The van der Waals surface area contributed by atoms with E-state index in [0.29, 0.717) is 10.4 Å². The van der Waals surface area contributed by atoms with E-state index in [1.807, 2.05) is 6.07 Å². The van der Waals surface area contributed by atoms with Crippen LogP contribution in [0.5, 0.6) is 5.75 Å². The van der Waals surface area contributed by atoms with E-state index >= 15 is 0 Å². The molecule has 3 N–H and O–H groups in total. The van der Waals surface area contributed by atoms with Gasteiger partial charge < -0.3 is 15.5 Å². The lowest BCUT2D eigenvalue weighted by Gasteiger charge is -2.07. The number of aryl methyl sites for hydroxylation is 1. The first kappa shape index (κ1) is 14.2. The Labute approximate surface area is 128 Å². The van der Waals surface area contributed by atoms with Crippen LogP contribution in [0.2, 0.25) is 0 Å². The number of amides is 1. The maximum absolute atomic E-state index is 12.0. The number of nitrogens with zero attached hydrogens (tertiary/aromatic N) is 2. The van der Waals surface area contributed by atoms with Crippen LogP contribution in [0.4, 0.5) is 0 Å². The van der Waals surface area contributed by atoms with Crippen LogP contribution in [0, 0.1) is 6.92 Å². The number of aliphatic carboxylic acids is 1. The van der Waals surface area contributed by atoms with Crippen molar-refractivity contribution in [3.63, 3.8) is 0 Å². The highest BCUT2D eigenvalue weighted by Crippen LogP contribution is 2.40. The summed E-state index contributed by atoms with van der Waals surface area (Å²) in [5, 5.41) is 22.7. The molecule has 0 aliphatic carbocycles. The normalized spacial score (nSPS) is 11.0. The summed E-state index contributed by atoms with van der Waals surface area (Å²) in [7, 11) is 0. The number of pyridine rings is 2. The molecule has 0 saturated heterocycles. The minimum atomic E-state index is -1.17. The number of thiophene rings is 1. The van der Waals surface area contributed by atoms with Crippen LogP contribution in [0.25, 0.3) is 20.3 Å². The minimum Gasteiger partial charge on any atom is -0.504 e. The number of aromatic hydroxyl groups is 1. The molecule has 3 aromatic heterocycles. The van der Waals surface area contributed by atoms with E-state index < -0.39 is 18.4 Å². The quantitative estimate of drug-likeness (QED) is 0.677. The van der Waals surface area contributed by atoms with Gasteiger partial charge in [0.05, 0.1) is 4.70 Å². The lowest BCUT2D eigenvalue weighted by atomic mass is 10.1. The molecule has 8 heteroatoms. The summed E-state index contributed by atoms with van der Waals surface area (Å²) < 4.78 is 0.515. The molecular formula is C14H11N3O4S.